The minimum Gasteiger partial charge on any atom is -0.456 e. The fraction of sp³-hybridized carbons (Fsp3) is 0.133. The predicted octanol–water partition coefficient (Wildman–Crippen LogP) is 5.51. The molecule has 4 heteroatoms. The van der Waals surface area contributed by atoms with Crippen molar-refractivity contribution in [2.75, 3.05) is 0 Å². The summed E-state index contributed by atoms with van der Waals surface area (Å²) in [5, 5.41) is 0. The Labute approximate surface area is 129 Å². The van der Waals surface area contributed by atoms with Crippen molar-refractivity contribution in [3.05, 3.63) is 56.5 Å². The number of benzene rings is 2. The van der Waals surface area contributed by atoms with Crippen molar-refractivity contribution in [2.24, 2.45) is 0 Å². The van der Waals surface area contributed by atoms with E-state index in [4.69, 9.17) is 4.74 Å². The van der Waals surface area contributed by atoms with Crippen molar-refractivity contribution < 1.29 is 9.53 Å². The summed E-state index contributed by atoms with van der Waals surface area (Å²) in [6.07, 6.45) is 0. The number of Topliss-reactive ketones (excluding diaryl/α,β-unsaturated/α-hetero) is 1. The van der Waals surface area contributed by atoms with E-state index in [1.807, 2.05) is 31.2 Å². The molecule has 0 saturated carbocycles. The Morgan fingerprint density at radius 1 is 1.00 bits per heavy atom. The summed E-state index contributed by atoms with van der Waals surface area (Å²) in [5.41, 5.74) is 1.58. The van der Waals surface area contributed by atoms with Crippen molar-refractivity contribution >= 4 is 37.6 Å². The van der Waals surface area contributed by atoms with Crippen LogP contribution in [0.1, 0.15) is 22.8 Å². The SMILES string of the molecule is CC(=O)c1ccc(Br)cc1Oc1cc(Br)ccc1C. The zero-order valence-electron chi connectivity index (χ0n) is 10.5. The third kappa shape index (κ3) is 3.45. The highest BCUT2D eigenvalue weighted by Crippen LogP contribution is 2.32. The second kappa shape index (κ2) is 5.88. The molecule has 0 fully saturated rings. The number of carbonyl (C=O) groups is 1. The Bertz CT molecular complexity index is 636. The Morgan fingerprint density at radius 2 is 1.58 bits per heavy atom. The molecule has 0 radical (unpaired) electrons. The molecule has 19 heavy (non-hydrogen) atoms. The van der Waals surface area contributed by atoms with Gasteiger partial charge in [-0.2, -0.15) is 0 Å². The van der Waals surface area contributed by atoms with Crippen LogP contribution in [0.15, 0.2) is 45.3 Å². The highest BCUT2D eigenvalue weighted by Gasteiger charge is 2.11. The molecule has 0 aliphatic heterocycles. The number of hydrogen-bond acceptors (Lipinski definition) is 2. The van der Waals surface area contributed by atoms with Gasteiger partial charge in [0.2, 0.25) is 0 Å². The fourth-order valence-corrected chi connectivity index (χ4v) is 2.35. The van der Waals surface area contributed by atoms with Gasteiger partial charge in [-0.15, -0.1) is 0 Å². The van der Waals surface area contributed by atoms with E-state index in [-0.39, 0.29) is 5.78 Å². The average Bonchev–Trinajstić information content (AvgIpc) is 2.33. The molecule has 0 aromatic heterocycles. The third-order valence-electron chi connectivity index (χ3n) is 2.69. The molecule has 0 unspecified atom stereocenters. The first-order chi connectivity index (χ1) is 8.97. The largest absolute Gasteiger partial charge is 0.456 e. The zero-order chi connectivity index (χ0) is 14.0. The first-order valence-electron chi connectivity index (χ1n) is 5.72. The van der Waals surface area contributed by atoms with E-state index in [0.29, 0.717) is 11.3 Å². The van der Waals surface area contributed by atoms with Crippen LogP contribution < -0.4 is 4.74 Å². The second-order valence-electron chi connectivity index (χ2n) is 4.21. The first-order valence-corrected chi connectivity index (χ1v) is 7.30. The first kappa shape index (κ1) is 14.3. The lowest BCUT2D eigenvalue weighted by molar-refractivity contribution is 0.101. The Balaban J connectivity index is 2.45. The smallest absolute Gasteiger partial charge is 0.163 e. The molecule has 0 bridgehead atoms. The summed E-state index contributed by atoms with van der Waals surface area (Å²) in [5.74, 6) is 1.27. The maximum absolute atomic E-state index is 11.6. The number of rotatable bonds is 3. The Hall–Kier alpha value is -1.13. The van der Waals surface area contributed by atoms with Crippen molar-refractivity contribution in [1.29, 1.82) is 0 Å². The van der Waals surface area contributed by atoms with Crippen LogP contribution in [0.4, 0.5) is 0 Å². The van der Waals surface area contributed by atoms with Crippen LogP contribution in [0.2, 0.25) is 0 Å². The van der Waals surface area contributed by atoms with Crippen molar-refractivity contribution in [1.82, 2.24) is 0 Å². The Morgan fingerprint density at radius 3 is 2.21 bits per heavy atom. The van der Waals surface area contributed by atoms with Gasteiger partial charge in [-0.25, -0.2) is 0 Å². The number of hydrogen-bond donors (Lipinski definition) is 0. The van der Waals surface area contributed by atoms with E-state index < -0.39 is 0 Å². The van der Waals surface area contributed by atoms with Gasteiger partial charge in [-0.3, -0.25) is 4.79 Å². The van der Waals surface area contributed by atoms with Gasteiger partial charge in [0.1, 0.15) is 11.5 Å². The molecule has 0 spiro atoms. The van der Waals surface area contributed by atoms with Gasteiger partial charge in [-0.1, -0.05) is 37.9 Å². The van der Waals surface area contributed by atoms with Gasteiger partial charge in [0.15, 0.2) is 5.78 Å². The molecule has 2 aromatic carbocycles. The standard InChI is InChI=1S/C15H12Br2O2/c1-9-3-4-11(16)7-14(9)19-15-8-12(17)5-6-13(15)10(2)18/h3-8H,1-2H3. The van der Waals surface area contributed by atoms with Gasteiger partial charge in [0.05, 0.1) is 5.56 Å². The molecule has 0 heterocycles. The molecular weight excluding hydrogens is 372 g/mol. The molecule has 0 amide bonds. The summed E-state index contributed by atoms with van der Waals surface area (Å²) < 4.78 is 7.70. The van der Waals surface area contributed by atoms with Crippen molar-refractivity contribution in [3.63, 3.8) is 0 Å². The maximum Gasteiger partial charge on any atom is 0.163 e. The normalized spacial score (nSPS) is 10.3. The zero-order valence-corrected chi connectivity index (χ0v) is 13.7. The van der Waals surface area contributed by atoms with Gasteiger partial charge < -0.3 is 4.74 Å². The van der Waals surface area contributed by atoms with Crippen LogP contribution in [0, 0.1) is 6.92 Å². The topological polar surface area (TPSA) is 26.3 Å². The summed E-state index contributed by atoms with van der Waals surface area (Å²) in [4.78, 5) is 11.6. The van der Waals surface area contributed by atoms with Crippen molar-refractivity contribution in [2.45, 2.75) is 13.8 Å². The number of aryl methyl sites for hydroxylation is 1. The molecule has 0 aliphatic rings. The van der Waals surface area contributed by atoms with Gasteiger partial charge in [-0.05, 0) is 49.7 Å². The van der Waals surface area contributed by atoms with E-state index in [2.05, 4.69) is 31.9 Å². The summed E-state index contributed by atoms with van der Waals surface area (Å²) >= 11 is 6.81. The van der Waals surface area contributed by atoms with Gasteiger partial charge in [0, 0.05) is 8.95 Å². The average molecular weight is 384 g/mol. The quantitative estimate of drug-likeness (QED) is 0.652. The molecule has 0 atom stereocenters. The molecular formula is C15H12Br2O2. The second-order valence-corrected chi connectivity index (χ2v) is 6.04. The van der Waals surface area contributed by atoms with Gasteiger partial charge in [0.25, 0.3) is 0 Å². The number of carbonyl (C=O) groups excluding carboxylic acids is 1. The highest BCUT2D eigenvalue weighted by atomic mass is 79.9. The number of ketones is 1. The van der Waals surface area contributed by atoms with E-state index >= 15 is 0 Å². The minimum absolute atomic E-state index is 0.0184. The van der Waals surface area contributed by atoms with Crippen LogP contribution in [0.3, 0.4) is 0 Å². The molecule has 98 valence electrons. The molecule has 0 aliphatic carbocycles. The summed E-state index contributed by atoms with van der Waals surface area (Å²) in [7, 11) is 0. The number of ether oxygens (including phenoxy) is 1. The van der Waals surface area contributed by atoms with E-state index in [9.17, 15) is 4.79 Å². The number of halogens is 2. The summed E-state index contributed by atoms with van der Waals surface area (Å²) in [6.45, 7) is 3.50. The lowest BCUT2D eigenvalue weighted by Crippen LogP contribution is -1.98. The lowest BCUT2D eigenvalue weighted by atomic mass is 10.1. The molecule has 2 aromatic rings. The lowest BCUT2D eigenvalue weighted by Gasteiger charge is -2.12. The predicted molar refractivity (Wildman–Crippen MR) is 83.1 cm³/mol. The van der Waals surface area contributed by atoms with Crippen molar-refractivity contribution in [3.8, 4) is 11.5 Å². The molecule has 0 saturated heterocycles. The molecule has 2 rings (SSSR count). The van der Waals surface area contributed by atoms with E-state index in [0.717, 1.165) is 20.3 Å². The molecule has 0 N–H and O–H groups in total. The third-order valence-corrected chi connectivity index (χ3v) is 3.68. The van der Waals surface area contributed by atoms with Gasteiger partial charge >= 0.3 is 0 Å². The highest BCUT2D eigenvalue weighted by molar-refractivity contribution is 9.10. The summed E-state index contributed by atoms with van der Waals surface area (Å²) in [6, 6.07) is 11.2. The van der Waals surface area contributed by atoms with Crippen LogP contribution in [-0.2, 0) is 0 Å². The minimum atomic E-state index is -0.0184. The van der Waals surface area contributed by atoms with Crippen LogP contribution >= 0.6 is 31.9 Å². The fourth-order valence-electron chi connectivity index (χ4n) is 1.67. The van der Waals surface area contributed by atoms with Crippen LogP contribution in [0.5, 0.6) is 11.5 Å². The van der Waals surface area contributed by atoms with Crippen LogP contribution in [0.25, 0.3) is 0 Å². The maximum atomic E-state index is 11.6. The van der Waals surface area contributed by atoms with Crippen LogP contribution in [-0.4, -0.2) is 5.78 Å². The molecule has 2 nitrogen and oxygen atoms in total. The Kier molecular flexibility index (Phi) is 4.42. The van der Waals surface area contributed by atoms with E-state index in [1.54, 1.807) is 12.1 Å². The monoisotopic (exact) mass is 382 g/mol. The van der Waals surface area contributed by atoms with E-state index in [1.165, 1.54) is 6.92 Å².